The third kappa shape index (κ3) is 3.27. The molecule has 0 heterocycles. The zero-order chi connectivity index (χ0) is 13.0. The quantitative estimate of drug-likeness (QED) is 0.599. The van der Waals surface area contributed by atoms with Gasteiger partial charge in [0.05, 0.1) is 0 Å². The SMILES string of the molecule is CC(C)CC1(N(N)C2CCCCC2)CCCCC1. The van der Waals surface area contributed by atoms with Gasteiger partial charge >= 0.3 is 0 Å². The Bertz CT molecular complexity index is 237. The molecule has 0 amide bonds. The van der Waals surface area contributed by atoms with Crippen LogP contribution < -0.4 is 5.84 Å². The number of hydrogen-bond donors (Lipinski definition) is 1. The summed E-state index contributed by atoms with van der Waals surface area (Å²) in [4.78, 5) is 0. The van der Waals surface area contributed by atoms with E-state index in [0.717, 1.165) is 5.92 Å². The summed E-state index contributed by atoms with van der Waals surface area (Å²) >= 11 is 0. The van der Waals surface area contributed by atoms with Crippen molar-refractivity contribution in [2.45, 2.75) is 96.1 Å². The fourth-order valence-electron chi connectivity index (χ4n) is 4.28. The second kappa shape index (κ2) is 6.38. The van der Waals surface area contributed by atoms with E-state index in [2.05, 4.69) is 18.9 Å². The highest BCUT2D eigenvalue weighted by Gasteiger charge is 2.40. The zero-order valence-corrected chi connectivity index (χ0v) is 12.5. The molecule has 2 nitrogen and oxygen atoms in total. The minimum atomic E-state index is 0.328. The van der Waals surface area contributed by atoms with Gasteiger partial charge < -0.3 is 0 Å². The van der Waals surface area contributed by atoms with Crippen molar-refractivity contribution in [3.05, 3.63) is 0 Å². The van der Waals surface area contributed by atoms with E-state index in [4.69, 9.17) is 5.84 Å². The lowest BCUT2D eigenvalue weighted by atomic mass is 9.74. The van der Waals surface area contributed by atoms with E-state index in [1.165, 1.54) is 70.6 Å². The summed E-state index contributed by atoms with van der Waals surface area (Å²) < 4.78 is 0. The van der Waals surface area contributed by atoms with Crippen LogP contribution in [0.4, 0.5) is 0 Å². The van der Waals surface area contributed by atoms with Crippen LogP contribution >= 0.6 is 0 Å². The first-order valence-electron chi connectivity index (χ1n) is 8.18. The molecule has 0 aromatic heterocycles. The predicted molar refractivity (Wildman–Crippen MR) is 78.2 cm³/mol. The first-order chi connectivity index (χ1) is 8.64. The highest BCUT2D eigenvalue weighted by Crippen LogP contribution is 2.40. The van der Waals surface area contributed by atoms with Gasteiger partial charge in [-0.3, -0.25) is 5.84 Å². The molecule has 0 radical (unpaired) electrons. The summed E-state index contributed by atoms with van der Waals surface area (Å²) in [5.74, 6) is 7.40. The fraction of sp³-hybridized carbons (Fsp3) is 1.00. The van der Waals surface area contributed by atoms with Crippen molar-refractivity contribution < 1.29 is 0 Å². The maximum Gasteiger partial charge on any atom is 0.0357 e. The Morgan fingerprint density at radius 2 is 1.56 bits per heavy atom. The van der Waals surface area contributed by atoms with Gasteiger partial charge in [-0.2, -0.15) is 0 Å². The molecule has 0 spiro atoms. The third-order valence-corrected chi connectivity index (χ3v) is 5.09. The molecule has 106 valence electrons. The molecule has 2 N–H and O–H groups in total. The first-order valence-corrected chi connectivity index (χ1v) is 8.18. The van der Waals surface area contributed by atoms with Gasteiger partial charge in [-0.05, 0) is 38.0 Å². The Morgan fingerprint density at radius 3 is 2.11 bits per heavy atom. The van der Waals surface area contributed by atoms with Gasteiger partial charge in [-0.15, -0.1) is 0 Å². The van der Waals surface area contributed by atoms with Crippen LogP contribution in [0.1, 0.15) is 84.5 Å². The Morgan fingerprint density at radius 1 is 1.00 bits per heavy atom. The second-order valence-electron chi connectivity index (χ2n) is 7.08. The summed E-state index contributed by atoms with van der Waals surface area (Å²) in [5, 5.41) is 2.34. The predicted octanol–water partition coefficient (Wildman–Crippen LogP) is 4.24. The van der Waals surface area contributed by atoms with Crippen molar-refractivity contribution in [1.82, 2.24) is 5.01 Å². The summed E-state index contributed by atoms with van der Waals surface area (Å²) in [6, 6.07) is 0.663. The summed E-state index contributed by atoms with van der Waals surface area (Å²) in [7, 11) is 0. The molecule has 2 aliphatic carbocycles. The van der Waals surface area contributed by atoms with Crippen molar-refractivity contribution in [2.75, 3.05) is 0 Å². The molecule has 0 atom stereocenters. The van der Waals surface area contributed by atoms with Crippen LogP contribution in [0.15, 0.2) is 0 Å². The van der Waals surface area contributed by atoms with Crippen molar-refractivity contribution in [3.8, 4) is 0 Å². The average Bonchev–Trinajstić information content (AvgIpc) is 2.39. The van der Waals surface area contributed by atoms with E-state index in [-0.39, 0.29) is 0 Å². The molecule has 0 bridgehead atoms. The minimum absolute atomic E-state index is 0.328. The first kappa shape index (κ1) is 14.3. The van der Waals surface area contributed by atoms with Crippen LogP contribution in [-0.2, 0) is 0 Å². The number of nitrogens with two attached hydrogens (primary N) is 1. The fourth-order valence-corrected chi connectivity index (χ4v) is 4.28. The van der Waals surface area contributed by atoms with Gasteiger partial charge in [-0.1, -0.05) is 52.4 Å². The van der Waals surface area contributed by atoms with Crippen LogP contribution in [-0.4, -0.2) is 16.6 Å². The van der Waals surface area contributed by atoms with Gasteiger partial charge in [0, 0.05) is 11.6 Å². The van der Waals surface area contributed by atoms with Gasteiger partial charge in [0.1, 0.15) is 0 Å². The monoisotopic (exact) mass is 252 g/mol. The molecular weight excluding hydrogens is 220 g/mol. The highest BCUT2D eigenvalue weighted by atomic mass is 15.5. The molecule has 0 aromatic rings. The Balaban J connectivity index is 2.06. The molecular formula is C16H32N2. The van der Waals surface area contributed by atoms with Gasteiger partial charge in [0.25, 0.3) is 0 Å². The number of nitrogens with zero attached hydrogens (tertiary/aromatic N) is 1. The highest BCUT2D eigenvalue weighted by molar-refractivity contribution is 4.94. The number of hydrogen-bond acceptors (Lipinski definition) is 2. The van der Waals surface area contributed by atoms with Crippen LogP contribution in [0.25, 0.3) is 0 Å². The molecule has 18 heavy (non-hydrogen) atoms. The lowest BCUT2D eigenvalue weighted by Crippen LogP contribution is -2.59. The molecule has 0 aliphatic heterocycles. The normalized spacial score (nSPS) is 25.8. The molecule has 0 unspecified atom stereocenters. The molecule has 2 aliphatic rings. The molecule has 2 heteroatoms. The topological polar surface area (TPSA) is 29.3 Å². The smallest absolute Gasteiger partial charge is 0.0357 e. The van der Waals surface area contributed by atoms with Crippen LogP contribution in [0.3, 0.4) is 0 Å². The van der Waals surface area contributed by atoms with Crippen molar-refractivity contribution in [2.24, 2.45) is 11.8 Å². The number of hydrazine groups is 1. The van der Waals surface area contributed by atoms with E-state index in [1.807, 2.05) is 0 Å². The Labute approximate surface area is 113 Å². The lowest BCUT2D eigenvalue weighted by Gasteiger charge is -2.49. The van der Waals surface area contributed by atoms with E-state index in [1.54, 1.807) is 0 Å². The van der Waals surface area contributed by atoms with E-state index >= 15 is 0 Å². The van der Waals surface area contributed by atoms with Gasteiger partial charge in [0.15, 0.2) is 0 Å². The molecule has 2 rings (SSSR count). The third-order valence-electron chi connectivity index (χ3n) is 5.09. The molecule has 0 aromatic carbocycles. The molecule has 2 fully saturated rings. The maximum absolute atomic E-state index is 6.64. The standard InChI is InChI=1S/C16H32N2/c1-14(2)13-16(11-7-4-8-12-16)18(17)15-9-5-3-6-10-15/h14-15H,3-13,17H2,1-2H3. The second-order valence-corrected chi connectivity index (χ2v) is 7.08. The summed E-state index contributed by atoms with van der Waals surface area (Å²) in [6.07, 6.45) is 15.0. The van der Waals surface area contributed by atoms with E-state index < -0.39 is 0 Å². The van der Waals surface area contributed by atoms with Crippen molar-refractivity contribution in [1.29, 1.82) is 0 Å². The summed E-state index contributed by atoms with van der Waals surface area (Å²) in [5.41, 5.74) is 0.328. The Kier molecular flexibility index (Phi) is 5.08. The van der Waals surface area contributed by atoms with Crippen molar-refractivity contribution >= 4 is 0 Å². The van der Waals surface area contributed by atoms with Crippen LogP contribution in [0, 0.1) is 5.92 Å². The molecule has 0 saturated heterocycles. The lowest BCUT2D eigenvalue weighted by molar-refractivity contribution is -0.0160. The average molecular weight is 252 g/mol. The van der Waals surface area contributed by atoms with Crippen molar-refractivity contribution in [3.63, 3.8) is 0 Å². The zero-order valence-electron chi connectivity index (χ0n) is 12.5. The van der Waals surface area contributed by atoms with Crippen LogP contribution in [0.5, 0.6) is 0 Å². The van der Waals surface area contributed by atoms with Gasteiger partial charge in [0.2, 0.25) is 0 Å². The van der Waals surface area contributed by atoms with E-state index in [0.29, 0.717) is 11.6 Å². The summed E-state index contributed by atoms with van der Waals surface area (Å²) in [6.45, 7) is 4.70. The Hall–Kier alpha value is -0.0800. The maximum atomic E-state index is 6.64. The minimum Gasteiger partial charge on any atom is -0.268 e. The number of rotatable bonds is 4. The largest absolute Gasteiger partial charge is 0.268 e. The van der Waals surface area contributed by atoms with E-state index in [9.17, 15) is 0 Å². The van der Waals surface area contributed by atoms with Gasteiger partial charge in [-0.25, -0.2) is 5.01 Å². The van der Waals surface area contributed by atoms with Crippen LogP contribution in [0.2, 0.25) is 0 Å². The molecule has 2 saturated carbocycles.